The predicted molar refractivity (Wildman–Crippen MR) is 73.5 cm³/mol. The minimum absolute atomic E-state index is 0.0910. The fourth-order valence-electron chi connectivity index (χ4n) is 1.39. The van der Waals surface area contributed by atoms with E-state index in [9.17, 15) is 13.2 Å². The van der Waals surface area contributed by atoms with Crippen LogP contribution in [0.1, 0.15) is 6.92 Å². The van der Waals surface area contributed by atoms with Crippen molar-refractivity contribution in [2.24, 2.45) is 0 Å². The fourth-order valence-corrected chi connectivity index (χ4v) is 2.02. The Hall–Kier alpha value is -2.88. The highest BCUT2D eigenvalue weighted by Crippen LogP contribution is 2.25. The summed E-state index contributed by atoms with van der Waals surface area (Å²) in [5.41, 5.74) is -0.103. The van der Waals surface area contributed by atoms with Crippen LogP contribution in [0, 0.1) is 22.7 Å². The van der Waals surface area contributed by atoms with E-state index < -0.39 is 15.0 Å². The van der Waals surface area contributed by atoms with Crippen molar-refractivity contribution in [1.29, 1.82) is 10.5 Å². The van der Waals surface area contributed by atoms with E-state index in [4.69, 9.17) is 15.1 Å². The van der Waals surface area contributed by atoms with Gasteiger partial charge in [0.25, 0.3) is 10.1 Å². The van der Waals surface area contributed by atoms with Gasteiger partial charge in [-0.05, 0) is 18.2 Å². The Labute approximate surface area is 121 Å². The Morgan fingerprint density at radius 1 is 1.33 bits per heavy atom. The van der Waals surface area contributed by atoms with Crippen LogP contribution in [0.4, 0.5) is 11.4 Å². The Balaban J connectivity index is 3.31. The number of anilines is 2. The number of benzene rings is 1. The molecule has 0 aromatic heterocycles. The smallest absolute Gasteiger partial charge is 0.296 e. The van der Waals surface area contributed by atoms with Gasteiger partial charge in [0.05, 0.1) is 5.69 Å². The van der Waals surface area contributed by atoms with Gasteiger partial charge in [-0.2, -0.15) is 18.9 Å². The zero-order valence-corrected chi connectivity index (χ0v) is 11.6. The molecule has 0 atom stereocenters. The summed E-state index contributed by atoms with van der Waals surface area (Å²) in [4.78, 5) is 10.5. The molecule has 1 aromatic rings. The fraction of sp³-hybridized carbons (Fsp3) is 0.0833. The van der Waals surface area contributed by atoms with Gasteiger partial charge in [-0.15, -0.1) is 0 Å². The van der Waals surface area contributed by atoms with Crippen LogP contribution in [0.5, 0.6) is 0 Å². The largest absolute Gasteiger partial charge is 0.359 e. The molecule has 3 N–H and O–H groups in total. The number of carbonyl (C=O) groups is 1. The van der Waals surface area contributed by atoms with Crippen LogP contribution in [-0.2, 0) is 14.9 Å². The van der Waals surface area contributed by atoms with Crippen LogP contribution >= 0.6 is 0 Å². The molecule has 0 radical (unpaired) electrons. The summed E-state index contributed by atoms with van der Waals surface area (Å²) in [6, 6.07) is 6.77. The van der Waals surface area contributed by atoms with E-state index in [0.29, 0.717) is 0 Å². The molecular formula is C12H10N4O4S. The van der Waals surface area contributed by atoms with Gasteiger partial charge in [-0.1, -0.05) is 0 Å². The van der Waals surface area contributed by atoms with Crippen LogP contribution in [0.2, 0.25) is 0 Å². The molecule has 0 unspecified atom stereocenters. The van der Waals surface area contributed by atoms with Crippen LogP contribution in [0.3, 0.4) is 0 Å². The van der Waals surface area contributed by atoms with Gasteiger partial charge in [0, 0.05) is 18.8 Å². The lowest BCUT2D eigenvalue weighted by atomic mass is 10.2. The molecule has 1 rings (SSSR count). The summed E-state index contributed by atoms with van der Waals surface area (Å²) in [6.45, 7) is 1.27. The van der Waals surface area contributed by atoms with Crippen molar-refractivity contribution in [2.45, 2.75) is 11.8 Å². The summed E-state index contributed by atoms with van der Waals surface area (Å²) >= 11 is 0. The molecule has 0 aliphatic heterocycles. The minimum Gasteiger partial charge on any atom is -0.359 e. The molecule has 9 heteroatoms. The zero-order chi connectivity index (χ0) is 16.0. The lowest BCUT2D eigenvalue weighted by Gasteiger charge is -2.10. The predicted octanol–water partition coefficient (Wildman–Crippen LogP) is 1.23. The lowest BCUT2D eigenvalue weighted by molar-refractivity contribution is -0.114. The third-order valence-corrected chi connectivity index (χ3v) is 3.10. The highest BCUT2D eigenvalue weighted by Gasteiger charge is 2.16. The van der Waals surface area contributed by atoms with Crippen LogP contribution in [0.15, 0.2) is 34.9 Å². The molecule has 0 bridgehead atoms. The number of hydrogen-bond donors (Lipinski definition) is 3. The maximum absolute atomic E-state index is 11.2. The minimum atomic E-state index is -4.51. The molecule has 0 spiro atoms. The van der Waals surface area contributed by atoms with Gasteiger partial charge >= 0.3 is 0 Å². The van der Waals surface area contributed by atoms with Crippen molar-refractivity contribution in [3.8, 4) is 12.1 Å². The van der Waals surface area contributed by atoms with Gasteiger partial charge < -0.3 is 10.6 Å². The summed E-state index contributed by atoms with van der Waals surface area (Å²) in [5, 5.41) is 22.1. The van der Waals surface area contributed by atoms with E-state index in [2.05, 4.69) is 10.6 Å². The standard InChI is InChI=1S/C12H10N4O4S/c1-8(17)16-10-2-3-12(21(18,19)20)11(4-10)15-7-9(5-13)6-14/h2-4,7,15H,1H3,(H,16,17)(H,18,19,20). The van der Waals surface area contributed by atoms with Gasteiger partial charge in [0.1, 0.15) is 22.6 Å². The zero-order valence-electron chi connectivity index (χ0n) is 10.8. The first-order valence-electron chi connectivity index (χ1n) is 5.44. The quantitative estimate of drug-likeness (QED) is 0.560. The van der Waals surface area contributed by atoms with Crippen LogP contribution < -0.4 is 10.6 Å². The van der Waals surface area contributed by atoms with Gasteiger partial charge in [-0.3, -0.25) is 9.35 Å². The number of carbonyl (C=O) groups excluding carboxylic acids is 1. The molecule has 21 heavy (non-hydrogen) atoms. The summed E-state index contributed by atoms with van der Waals surface area (Å²) < 4.78 is 31.6. The van der Waals surface area contributed by atoms with E-state index in [0.717, 1.165) is 12.3 Å². The second kappa shape index (κ2) is 6.52. The molecule has 8 nitrogen and oxygen atoms in total. The third kappa shape index (κ3) is 4.62. The van der Waals surface area contributed by atoms with Gasteiger partial charge in [0.2, 0.25) is 5.91 Å². The normalized spacial score (nSPS) is 9.90. The maximum Gasteiger partial charge on any atom is 0.296 e. The first-order valence-corrected chi connectivity index (χ1v) is 6.88. The maximum atomic E-state index is 11.2. The van der Waals surface area contributed by atoms with Crippen molar-refractivity contribution in [2.75, 3.05) is 10.6 Å². The average Bonchev–Trinajstić information content (AvgIpc) is 2.38. The monoisotopic (exact) mass is 306 g/mol. The number of nitrogens with zero attached hydrogens (tertiary/aromatic N) is 2. The topological polar surface area (TPSA) is 143 Å². The molecule has 0 aliphatic carbocycles. The van der Waals surface area contributed by atoms with Crippen molar-refractivity contribution in [3.63, 3.8) is 0 Å². The van der Waals surface area contributed by atoms with Crippen molar-refractivity contribution < 1.29 is 17.8 Å². The van der Waals surface area contributed by atoms with Crippen molar-refractivity contribution in [1.82, 2.24) is 0 Å². The summed E-state index contributed by atoms with van der Waals surface area (Å²) in [6.07, 6.45) is 0.988. The van der Waals surface area contributed by atoms with Crippen LogP contribution in [-0.4, -0.2) is 18.9 Å². The average molecular weight is 306 g/mol. The number of hydrogen-bond acceptors (Lipinski definition) is 6. The number of nitrogens with one attached hydrogen (secondary N) is 2. The van der Waals surface area contributed by atoms with Gasteiger partial charge in [-0.25, -0.2) is 0 Å². The number of allylic oxidation sites excluding steroid dienone is 1. The summed E-state index contributed by atoms with van der Waals surface area (Å²) in [7, 11) is -4.51. The first-order chi connectivity index (χ1) is 9.77. The van der Waals surface area contributed by atoms with Crippen LogP contribution in [0.25, 0.3) is 0 Å². The van der Waals surface area contributed by atoms with E-state index in [-0.39, 0.29) is 22.9 Å². The summed E-state index contributed by atoms with van der Waals surface area (Å²) in [5.74, 6) is -0.370. The Morgan fingerprint density at radius 3 is 2.43 bits per heavy atom. The molecule has 1 amide bonds. The first kappa shape index (κ1) is 16.2. The molecule has 0 saturated heterocycles. The van der Waals surface area contributed by atoms with Gasteiger partial charge in [0.15, 0.2) is 0 Å². The Kier molecular flexibility index (Phi) is 5.02. The van der Waals surface area contributed by atoms with E-state index in [1.807, 2.05) is 0 Å². The molecule has 108 valence electrons. The second-order valence-corrected chi connectivity index (χ2v) is 5.18. The Bertz CT molecular complexity index is 768. The lowest BCUT2D eigenvalue weighted by Crippen LogP contribution is -2.08. The van der Waals surface area contributed by atoms with E-state index in [1.165, 1.54) is 19.1 Å². The molecule has 0 aliphatic rings. The molecule has 1 aromatic carbocycles. The molecule has 0 saturated carbocycles. The molecule has 0 heterocycles. The van der Waals surface area contributed by atoms with Crippen molar-refractivity contribution >= 4 is 27.4 Å². The Morgan fingerprint density at radius 2 is 1.95 bits per heavy atom. The number of amides is 1. The highest BCUT2D eigenvalue weighted by molar-refractivity contribution is 7.86. The highest BCUT2D eigenvalue weighted by atomic mass is 32.2. The number of nitriles is 2. The third-order valence-electron chi connectivity index (χ3n) is 2.19. The molecule has 0 fully saturated rings. The van der Waals surface area contributed by atoms with Crippen molar-refractivity contribution in [3.05, 3.63) is 30.0 Å². The van der Waals surface area contributed by atoms with E-state index in [1.54, 1.807) is 12.1 Å². The molecular weight excluding hydrogens is 296 g/mol. The number of rotatable bonds is 4. The second-order valence-electron chi connectivity index (χ2n) is 3.79. The SMILES string of the molecule is CC(=O)Nc1ccc(S(=O)(=O)O)c(NC=C(C#N)C#N)c1. The van der Waals surface area contributed by atoms with E-state index >= 15 is 0 Å².